The van der Waals surface area contributed by atoms with Crippen molar-refractivity contribution < 1.29 is 19.5 Å². The van der Waals surface area contributed by atoms with E-state index in [1.54, 1.807) is 0 Å². The van der Waals surface area contributed by atoms with Gasteiger partial charge in [-0.05, 0) is 25.2 Å². The molecule has 0 aromatic rings. The van der Waals surface area contributed by atoms with Crippen LogP contribution in [0.3, 0.4) is 0 Å². The molecular weight excluding hydrogens is 238 g/mol. The molecule has 2 unspecified atom stereocenters. The van der Waals surface area contributed by atoms with Crippen LogP contribution in [0.1, 0.15) is 32.1 Å². The van der Waals surface area contributed by atoms with Crippen LogP contribution in [0.2, 0.25) is 0 Å². The van der Waals surface area contributed by atoms with Crippen LogP contribution in [0.25, 0.3) is 0 Å². The summed E-state index contributed by atoms with van der Waals surface area (Å²) in [5.74, 6) is -1.79. The standard InChI is InChI=1S/C11H19N3O4/c12-7(6-1-2-6)5-10(16)14-8(11(17)18)3-4-9(13)15/h6-8H,1-5,12H2,(H2,13,15)(H,14,16)(H,17,18). The SMILES string of the molecule is NC(=O)CCC(NC(=O)CC(N)C1CC1)C(=O)O. The number of nitrogens with one attached hydrogen (secondary N) is 1. The zero-order valence-corrected chi connectivity index (χ0v) is 10.1. The first kappa shape index (κ1) is 14.4. The second-order valence-corrected chi connectivity index (χ2v) is 4.67. The Bertz CT molecular complexity index is 341. The minimum absolute atomic E-state index is 0.00489. The van der Waals surface area contributed by atoms with Gasteiger partial charge in [0.25, 0.3) is 0 Å². The molecule has 0 bridgehead atoms. The fraction of sp³-hybridized carbons (Fsp3) is 0.727. The number of carbonyl (C=O) groups excluding carboxylic acids is 2. The molecule has 2 amide bonds. The number of amides is 2. The van der Waals surface area contributed by atoms with E-state index in [4.69, 9.17) is 16.6 Å². The van der Waals surface area contributed by atoms with Gasteiger partial charge in [0, 0.05) is 18.9 Å². The van der Waals surface area contributed by atoms with Gasteiger partial charge in [-0.1, -0.05) is 0 Å². The van der Waals surface area contributed by atoms with Gasteiger partial charge >= 0.3 is 5.97 Å². The molecule has 0 spiro atoms. The van der Waals surface area contributed by atoms with Crippen molar-refractivity contribution in [2.75, 3.05) is 0 Å². The third kappa shape index (κ3) is 5.13. The van der Waals surface area contributed by atoms with Gasteiger partial charge in [-0.25, -0.2) is 4.79 Å². The number of nitrogens with two attached hydrogens (primary N) is 2. The number of carboxylic acids is 1. The van der Waals surface area contributed by atoms with Crippen molar-refractivity contribution in [2.24, 2.45) is 17.4 Å². The van der Waals surface area contributed by atoms with Gasteiger partial charge in [0.1, 0.15) is 6.04 Å². The summed E-state index contributed by atoms with van der Waals surface area (Å²) in [6, 6.07) is -1.30. The molecule has 6 N–H and O–H groups in total. The molecule has 0 aromatic carbocycles. The van der Waals surface area contributed by atoms with E-state index < -0.39 is 23.8 Å². The maximum atomic E-state index is 11.6. The highest BCUT2D eigenvalue weighted by Crippen LogP contribution is 2.32. The minimum atomic E-state index is -1.18. The first-order valence-corrected chi connectivity index (χ1v) is 5.96. The molecule has 1 fully saturated rings. The van der Waals surface area contributed by atoms with Crippen LogP contribution in [-0.2, 0) is 14.4 Å². The number of carbonyl (C=O) groups is 3. The van der Waals surface area contributed by atoms with Gasteiger partial charge in [0.2, 0.25) is 11.8 Å². The van der Waals surface area contributed by atoms with E-state index in [1.165, 1.54) is 0 Å². The van der Waals surface area contributed by atoms with Gasteiger partial charge in [-0.15, -0.1) is 0 Å². The van der Waals surface area contributed by atoms with Crippen molar-refractivity contribution in [3.05, 3.63) is 0 Å². The van der Waals surface area contributed by atoms with E-state index in [2.05, 4.69) is 5.32 Å². The van der Waals surface area contributed by atoms with E-state index in [-0.39, 0.29) is 25.3 Å². The summed E-state index contributed by atoms with van der Waals surface area (Å²) in [5, 5.41) is 11.3. The van der Waals surface area contributed by atoms with Gasteiger partial charge in [0.05, 0.1) is 0 Å². The van der Waals surface area contributed by atoms with E-state index in [0.29, 0.717) is 5.92 Å². The van der Waals surface area contributed by atoms with Crippen LogP contribution in [0.4, 0.5) is 0 Å². The topological polar surface area (TPSA) is 136 Å². The van der Waals surface area contributed by atoms with Gasteiger partial charge in [0.15, 0.2) is 0 Å². The molecule has 1 rings (SSSR count). The highest BCUT2D eigenvalue weighted by molar-refractivity contribution is 5.84. The molecule has 0 aromatic heterocycles. The third-order valence-electron chi connectivity index (χ3n) is 2.96. The average molecular weight is 257 g/mol. The Labute approximate surface area is 105 Å². The molecule has 102 valence electrons. The summed E-state index contributed by atoms with van der Waals surface area (Å²) in [6.07, 6.45) is 2.09. The zero-order chi connectivity index (χ0) is 13.7. The van der Waals surface area contributed by atoms with Crippen molar-refractivity contribution in [2.45, 2.75) is 44.2 Å². The monoisotopic (exact) mass is 257 g/mol. The number of carboxylic acid groups (broad SMARTS) is 1. The summed E-state index contributed by atoms with van der Waals surface area (Å²) in [7, 11) is 0. The quantitative estimate of drug-likeness (QED) is 0.440. The molecule has 2 atom stereocenters. The van der Waals surface area contributed by atoms with Crippen LogP contribution < -0.4 is 16.8 Å². The molecule has 18 heavy (non-hydrogen) atoms. The first-order chi connectivity index (χ1) is 8.40. The lowest BCUT2D eigenvalue weighted by atomic mass is 10.1. The molecule has 7 nitrogen and oxygen atoms in total. The van der Waals surface area contributed by atoms with Crippen LogP contribution in [0.15, 0.2) is 0 Å². The summed E-state index contributed by atoms with van der Waals surface area (Å²) >= 11 is 0. The average Bonchev–Trinajstić information content (AvgIpc) is 3.06. The number of aliphatic carboxylic acids is 1. The van der Waals surface area contributed by atoms with Crippen molar-refractivity contribution in [3.63, 3.8) is 0 Å². The normalized spacial score (nSPS) is 17.8. The summed E-state index contributed by atoms with van der Waals surface area (Å²) < 4.78 is 0. The van der Waals surface area contributed by atoms with E-state index in [1.807, 2.05) is 0 Å². The van der Waals surface area contributed by atoms with Crippen LogP contribution in [0, 0.1) is 5.92 Å². The minimum Gasteiger partial charge on any atom is -0.480 e. The van der Waals surface area contributed by atoms with E-state index >= 15 is 0 Å². The third-order valence-corrected chi connectivity index (χ3v) is 2.96. The fourth-order valence-electron chi connectivity index (χ4n) is 1.70. The maximum absolute atomic E-state index is 11.6. The van der Waals surface area contributed by atoms with Crippen LogP contribution in [-0.4, -0.2) is 35.0 Å². The Kier molecular flexibility index (Phi) is 5.08. The summed E-state index contributed by atoms with van der Waals surface area (Å²) in [4.78, 5) is 33.0. The smallest absolute Gasteiger partial charge is 0.326 e. The van der Waals surface area contributed by atoms with Crippen LogP contribution >= 0.6 is 0 Å². The molecular formula is C11H19N3O4. The zero-order valence-electron chi connectivity index (χ0n) is 10.1. The van der Waals surface area contributed by atoms with Crippen molar-refractivity contribution >= 4 is 17.8 Å². The second-order valence-electron chi connectivity index (χ2n) is 4.67. The van der Waals surface area contributed by atoms with Crippen molar-refractivity contribution in [1.29, 1.82) is 0 Å². The lowest BCUT2D eigenvalue weighted by molar-refractivity contribution is -0.142. The molecule has 0 heterocycles. The molecule has 0 saturated heterocycles. The molecule has 1 aliphatic rings. The Morgan fingerprint density at radius 1 is 1.33 bits per heavy atom. The van der Waals surface area contributed by atoms with E-state index in [0.717, 1.165) is 12.8 Å². The Morgan fingerprint density at radius 3 is 2.39 bits per heavy atom. The molecule has 7 heteroatoms. The predicted octanol–water partition coefficient (Wildman–Crippen LogP) is -1.05. The lowest BCUT2D eigenvalue weighted by Gasteiger charge is -2.15. The first-order valence-electron chi connectivity index (χ1n) is 5.96. The number of primary amides is 1. The second kappa shape index (κ2) is 6.34. The highest BCUT2D eigenvalue weighted by Gasteiger charge is 2.30. The maximum Gasteiger partial charge on any atom is 0.326 e. The number of hydrogen-bond donors (Lipinski definition) is 4. The Hall–Kier alpha value is -1.63. The molecule has 1 saturated carbocycles. The number of rotatable bonds is 8. The predicted molar refractivity (Wildman–Crippen MR) is 63.3 cm³/mol. The lowest BCUT2D eigenvalue weighted by Crippen LogP contribution is -2.43. The molecule has 0 aliphatic heterocycles. The largest absolute Gasteiger partial charge is 0.480 e. The van der Waals surface area contributed by atoms with Gasteiger partial charge in [-0.3, -0.25) is 9.59 Å². The highest BCUT2D eigenvalue weighted by atomic mass is 16.4. The van der Waals surface area contributed by atoms with Crippen LogP contribution in [0.5, 0.6) is 0 Å². The molecule has 0 radical (unpaired) electrons. The van der Waals surface area contributed by atoms with Gasteiger partial charge < -0.3 is 21.9 Å². The van der Waals surface area contributed by atoms with Crippen molar-refractivity contribution in [1.82, 2.24) is 5.32 Å². The summed E-state index contributed by atoms with van der Waals surface area (Å²) in [5.41, 5.74) is 10.7. The summed E-state index contributed by atoms with van der Waals surface area (Å²) in [6.45, 7) is 0. The van der Waals surface area contributed by atoms with E-state index in [9.17, 15) is 14.4 Å². The van der Waals surface area contributed by atoms with Crippen molar-refractivity contribution in [3.8, 4) is 0 Å². The molecule has 1 aliphatic carbocycles. The number of hydrogen-bond acceptors (Lipinski definition) is 4. The Morgan fingerprint density at radius 2 is 1.94 bits per heavy atom. The fourth-order valence-corrected chi connectivity index (χ4v) is 1.70. The Balaban J connectivity index is 2.36. The van der Waals surface area contributed by atoms with Gasteiger partial charge in [-0.2, -0.15) is 0 Å².